The molecule has 0 aromatic heterocycles. The number of Topliss-reactive ketones (excluding diaryl/α,β-unsaturated/α-hetero) is 1. The molecule has 0 radical (unpaired) electrons. The van der Waals surface area contributed by atoms with Gasteiger partial charge in [-0.2, -0.15) is 0 Å². The topological polar surface area (TPSA) is 54.4 Å². The molecule has 19 heavy (non-hydrogen) atoms. The second kappa shape index (κ2) is 4.80. The summed E-state index contributed by atoms with van der Waals surface area (Å²) in [5, 5.41) is 9.14. The van der Waals surface area contributed by atoms with E-state index in [0.717, 1.165) is 0 Å². The number of rotatable bonds is 2. The van der Waals surface area contributed by atoms with Crippen molar-refractivity contribution in [2.75, 3.05) is 0 Å². The average Bonchev–Trinajstić information content (AvgIpc) is 2.77. The molecule has 1 saturated carbocycles. The fourth-order valence-corrected chi connectivity index (χ4v) is 3.43. The number of carbonyl (C=O) groups excluding carboxylic acids is 1. The van der Waals surface area contributed by atoms with Crippen LogP contribution in [0, 0.1) is 0 Å². The highest BCUT2D eigenvalue weighted by molar-refractivity contribution is 6.05. The molecular formula is C16H18O3. The van der Waals surface area contributed by atoms with E-state index in [1.54, 1.807) is 0 Å². The molecule has 0 amide bonds. The Morgan fingerprint density at radius 1 is 1.16 bits per heavy atom. The van der Waals surface area contributed by atoms with Gasteiger partial charge in [0.05, 0.1) is 5.92 Å². The van der Waals surface area contributed by atoms with Crippen LogP contribution >= 0.6 is 0 Å². The molecule has 100 valence electrons. The molecule has 1 aromatic carbocycles. The van der Waals surface area contributed by atoms with Gasteiger partial charge >= 0.3 is 5.97 Å². The summed E-state index contributed by atoms with van der Waals surface area (Å²) in [5.74, 6) is -0.990. The van der Waals surface area contributed by atoms with Gasteiger partial charge in [0, 0.05) is 12.0 Å². The molecular weight excluding hydrogens is 240 g/mol. The lowest BCUT2D eigenvalue weighted by molar-refractivity contribution is -0.138. The highest BCUT2D eigenvalue weighted by Crippen LogP contribution is 2.38. The smallest absolute Gasteiger partial charge is 0.311 e. The number of carboxylic acid groups (broad SMARTS) is 1. The number of carboxylic acids is 1. The third-order valence-electron chi connectivity index (χ3n) is 4.52. The van der Waals surface area contributed by atoms with Gasteiger partial charge in [-0.05, 0) is 36.0 Å². The van der Waals surface area contributed by atoms with E-state index in [0.29, 0.717) is 17.0 Å². The van der Waals surface area contributed by atoms with E-state index in [-0.39, 0.29) is 12.2 Å². The summed E-state index contributed by atoms with van der Waals surface area (Å²) >= 11 is 0. The maximum absolute atomic E-state index is 12.0. The molecule has 0 bridgehead atoms. The molecule has 3 heteroatoms. The monoisotopic (exact) mass is 258 g/mol. The highest BCUT2D eigenvalue weighted by atomic mass is 16.4. The largest absolute Gasteiger partial charge is 0.481 e. The average molecular weight is 258 g/mol. The lowest BCUT2D eigenvalue weighted by Crippen LogP contribution is -2.08. The van der Waals surface area contributed by atoms with Crippen LogP contribution in [-0.2, 0) is 4.79 Å². The Morgan fingerprint density at radius 2 is 1.89 bits per heavy atom. The first-order valence-electron chi connectivity index (χ1n) is 7.06. The van der Waals surface area contributed by atoms with Gasteiger partial charge in [0.25, 0.3) is 0 Å². The molecule has 0 unspecified atom stereocenters. The van der Waals surface area contributed by atoms with E-state index in [4.69, 9.17) is 5.11 Å². The molecule has 1 aromatic rings. The van der Waals surface area contributed by atoms with Crippen LogP contribution < -0.4 is 0 Å². The zero-order valence-corrected chi connectivity index (χ0v) is 10.9. The highest BCUT2D eigenvalue weighted by Gasteiger charge is 2.34. The van der Waals surface area contributed by atoms with Crippen LogP contribution in [0.4, 0.5) is 0 Å². The number of benzene rings is 1. The van der Waals surface area contributed by atoms with E-state index in [1.165, 1.54) is 37.7 Å². The second-order valence-corrected chi connectivity index (χ2v) is 5.70. The Kier molecular flexibility index (Phi) is 3.13. The molecule has 0 spiro atoms. The second-order valence-electron chi connectivity index (χ2n) is 5.70. The Labute approximate surface area is 112 Å². The molecule has 3 rings (SSSR count). The van der Waals surface area contributed by atoms with Crippen LogP contribution in [0.5, 0.6) is 0 Å². The number of aliphatic carboxylic acids is 1. The Morgan fingerprint density at radius 3 is 2.58 bits per heavy atom. The van der Waals surface area contributed by atoms with Gasteiger partial charge in [-0.3, -0.25) is 9.59 Å². The van der Waals surface area contributed by atoms with E-state index in [9.17, 15) is 9.59 Å². The van der Waals surface area contributed by atoms with Crippen LogP contribution in [0.2, 0.25) is 0 Å². The zero-order valence-electron chi connectivity index (χ0n) is 10.9. The van der Waals surface area contributed by atoms with E-state index in [2.05, 4.69) is 0 Å². The number of carbonyl (C=O) groups is 2. The van der Waals surface area contributed by atoms with Crippen molar-refractivity contribution >= 4 is 11.8 Å². The van der Waals surface area contributed by atoms with Crippen molar-refractivity contribution in [3.8, 4) is 0 Å². The van der Waals surface area contributed by atoms with Crippen molar-refractivity contribution in [2.45, 2.75) is 50.4 Å². The minimum Gasteiger partial charge on any atom is -0.481 e. The SMILES string of the molecule is O=C1C[C@H](C(=O)O)c2ccc(C3CCCCC3)cc21. The predicted molar refractivity (Wildman–Crippen MR) is 71.6 cm³/mol. The first kappa shape index (κ1) is 12.4. The van der Waals surface area contributed by atoms with E-state index in [1.807, 2.05) is 18.2 Å². The molecule has 2 aliphatic rings. The Balaban J connectivity index is 1.93. The summed E-state index contributed by atoms with van der Waals surface area (Å²) in [4.78, 5) is 23.1. The minimum atomic E-state index is -0.891. The molecule has 0 saturated heterocycles. The van der Waals surface area contributed by atoms with Crippen molar-refractivity contribution < 1.29 is 14.7 Å². The normalized spacial score (nSPS) is 23.4. The van der Waals surface area contributed by atoms with Gasteiger partial charge in [-0.1, -0.05) is 31.4 Å². The van der Waals surface area contributed by atoms with Crippen LogP contribution in [0.15, 0.2) is 18.2 Å². The summed E-state index contributed by atoms with van der Waals surface area (Å²) in [7, 11) is 0. The number of hydrogen-bond donors (Lipinski definition) is 1. The first-order chi connectivity index (χ1) is 9.16. The molecule has 2 aliphatic carbocycles. The van der Waals surface area contributed by atoms with E-state index < -0.39 is 11.9 Å². The Bertz CT molecular complexity index is 527. The summed E-state index contributed by atoms with van der Waals surface area (Å²) < 4.78 is 0. The van der Waals surface area contributed by atoms with Crippen molar-refractivity contribution in [1.82, 2.24) is 0 Å². The summed E-state index contributed by atoms with van der Waals surface area (Å²) in [6.45, 7) is 0. The third kappa shape index (κ3) is 2.18. The Hall–Kier alpha value is -1.64. The van der Waals surface area contributed by atoms with Crippen molar-refractivity contribution in [2.24, 2.45) is 0 Å². The van der Waals surface area contributed by atoms with Gasteiger partial charge in [-0.25, -0.2) is 0 Å². The van der Waals surface area contributed by atoms with Gasteiger partial charge in [0.2, 0.25) is 0 Å². The van der Waals surface area contributed by atoms with Crippen LogP contribution in [0.3, 0.4) is 0 Å². The minimum absolute atomic E-state index is 0.0138. The molecule has 0 heterocycles. The fraction of sp³-hybridized carbons (Fsp3) is 0.500. The molecule has 1 atom stereocenters. The van der Waals surface area contributed by atoms with E-state index >= 15 is 0 Å². The molecule has 3 nitrogen and oxygen atoms in total. The fourth-order valence-electron chi connectivity index (χ4n) is 3.43. The van der Waals surface area contributed by atoms with Gasteiger partial charge < -0.3 is 5.11 Å². The lowest BCUT2D eigenvalue weighted by atomic mass is 9.83. The number of hydrogen-bond acceptors (Lipinski definition) is 2. The van der Waals surface area contributed by atoms with Gasteiger partial charge in [-0.15, -0.1) is 0 Å². The van der Waals surface area contributed by atoms with Crippen molar-refractivity contribution in [1.29, 1.82) is 0 Å². The molecule has 1 fully saturated rings. The third-order valence-corrected chi connectivity index (χ3v) is 4.52. The standard InChI is InChI=1S/C16H18O3/c17-15-9-14(16(18)19)12-7-6-11(8-13(12)15)10-4-2-1-3-5-10/h6-8,10,14H,1-5,9H2,(H,18,19)/t14-/m0/s1. The van der Waals surface area contributed by atoms with Crippen molar-refractivity contribution in [3.05, 3.63) is 34.9 Å². The summed E-state index contributed by atoms with van der Waals surface area (Å²) in [6, 6.07) is 5.85. The summed E-state index contributed by atoms with van der Waals surface area (Å²) in [5.41, 5.74) is 2.57. The van der Waals surface area contributed by atoms with Crippen LogP contribution in [0.25, 0.3) is 0 Å². The maximum Gasteiger partial charge on any atom is 0.311 e. The predicted octanol–water partition coefficient (Wildman–Crippen LogP) is 3.49. The number of fused-ring (bicyclic) bond motifs is 1. The van der Waals surface area contributed by atoms with Crippen molar-refractivity contribution in [3.63, 3.8) is 0 Å². The lowest BCUT2D eigenvalue weighted by Gasteiger charge is -2.22. The number of ketones is 1. The van der Waals surface area contributed by atoms with Gasteiger partial charge in [0.1, 0.15) is 0 Å². The van der Waals surface area contributed by atoms with Crippen LogP contribution in [-0.4, -0.2) is 16.9 Å². The zero-order chi connectivity index (χ0) is 13.4. The first-order valence-corrected chi connectivity index (χ1v) is 7.06. The van der Waals surface area contributed by atoms with Crippen LogP contribution in [0.1, 0.15) is 71.8 Å². The summed E-state index contributed by atoms with van der Waals surface area (Å²) in [6.07, 6.45) is 6.33. The molecule has 1 N–H and O–H groups in total. The maximum atomic E-state index is 12.0. The van der Waals surface area contributed by atoms with Gasteiger partial charge in [0.15, 0.2) is 5.78 Å². The molecule has 0 aliphatic heterocycles. The quantitative estimate of drug-likeness (QED) is 0.883.